The van der Waals surface area contributed by atoms with Crippen molar-refractivity contribution in [2.75, 3.05) is 6.54 Å². The Kier molecular flexibility index (Phi) is 1.85. The molecule has 0 saturated heterocycles. The van der Waals surface area contributed by atoms with E-state index in [9.17, 15) is 10.2 Å². The maximum atomic E-state index is 10.0. The number of hydrogen-bond acceptors (Lipinski definition) is 4. The number of aromatic hydroxyl groups is 2. The van der Waals surface area contributed by atoms with E-state index in [1.54, 1.807) is 7.05 Å². The first-order chi connectivity index (χ1) is 7.94. The molecule has 0 aromatic carbocycles. The highest BCUT2D eigenvalue weighted by Gasteiger charge is 2.49. The van der Waals surface area contributed by atoms with E-state index in [1.165, 1.54) is 10.1 Å². The minimum absolute atomic E-state index is 0.0269. The Bertz CT molecular complexity index is 532. The number of nitrogens with zero attached hydrogens (tertiary/aromatic N) is 1. The van der Waals surface area contributed by atoms with Gasteiger partial charge in [-0.1, -0.05) is 5.57 Å². The van der Waals surface area contributed by atoms with E-state index >= 15 is 0 Å². The fraction of sp³-hybridized carbons (Fsp3) is 0.500. The van der Waals surface area contributed by atoms with Gasteiger partial charge in [0.1, 0.15) is 5.60 Å². The first kappa shape index (κ1) is 10.5. The second-order valence-electron chi connectivity index (χ2n) is 5.04. The number of nitrogens with one attached hydrogen (secondary N) is 1. The van der Waals surface area contributed by atoms with Crippen LogP contribution < -0.4 is 10.1 Å². The molecule has 5 nitrogen and oxygen atoms in total. The van der Waals surface area contributed by atoms with Gasteiger partial charge in [0.15, 0.2) is 5.75 Å². The van der Waals surface area contributed by atoms with Crippen LogP contribution in [-0.4, -0.2) is 26.9 Å². The Hall–Kier alpha value is -1.62. The number of hydrogen-bond donors (Lipinski definition) is 3. The average Bonchev–Trinajstić information content (AvgIpc) is 2.66. The highest BCUT2D eigenvalue weighted by Crippen LogP contribution is 2.54. The van der Waals surface area contributed by atoms with Crippen LogP contribution in [0.2, 0.25) is 0 Å². The Morgan fingerprint density at radius 3 is 2.88 bits per heavy atom. The summed E-state index contributed by atoms with van der Waals surface area (Å²) in [6.07, 6.45) is 2.05. The second kappa shape index (κ2) is 2.98. The van der Waals surface area contributed by atoms with Crippen molar-refractivity contribution >= 4 is 0 Å². The van der Waals surface area contributed by atoms with Crippen LogP contribution in [-0.2, 0) is 7.05 Å². The molecule has 0 spiro atoms. The lowest BCUT2D eigenvalue weighted by Gasteiger charge is -2.33. The third-order valence-electron chi connectivity index (χ3n) is 3.63. The van der Waals surface area contributed by atoms with E-state index < -0.39 is 5.60 Å². The molecule has 2 aliphatic heterocycles. The summed E-state index contributed by atoms with van der Waals surface area (Å²) in [5, 5.41) is 23.2. The highest BCUT2D eigenvalue weighted by atomic mass is 16.5. The van der Waals surface area contributed by atoms with Gasteiger partial charge in [-0.25, -0.2) is 0 Å². The molecule has 0 unspecified atom stereocenters. The van der Waals surface area contributed by atoms with Gasteiger partial charge in [0.25, 0.3) is 0 Å². The maximum Gasteiger partial charge on any atom is 0.237 e. The van der Waals surface area contributed by atoms with Crippen molar-refractivity contribution in [3.05, 3.63) is 17.2 Å². The summed E-state index contributed by atoms with van der Waals surface area (Å²) in [6, 6.07) is -0.117. The quantitative estimate of drug-likeness (QED) is 0.592. The van der Waals surface area contributed by atoms with Crippen LogP contribution in [0.5, 0.6) is 17.5 Å². The lowest BCUT2D eigenvalue weighted by molar-refractivity contribution is 0.114. The number of rotatable bonds is 0. The predicted molar refractivity (Wildman–Crippen MR) is 62.3 cm³/mol. The van der Waals surface area contributed by atoms with E-state index in [0.29, 0.717) is 11.3 Å². The zero-order valence-corrected chi connectivity index (χ0v) is 10.1. The standard InChI is InChI=1S/C12H16N2O3/c1-6-4-12(2)9(13-5-6)7-8(17-12)11(16)14(3)10(7)15/h4,9,13,15-16H,5H2,1-3H3/t9-,12-/m0/s1. The smallest absolute Gasteiger partial charge is 0.237 e. The lowest BCUT2D eigenvalue weighted by atomic mass is 9.88. The fourth-order valence-electron chi connectivity index (χ4n) is 2.80. The zero-order chi connectivity index (χ0) is 12.4. The molecular weight excluding hydrogens is 220 g/mol. The maximum absolute atomic E-state index is 10.0. The molecule has 3 N–H and O–H groups in total. The molecule has 1 aromatic heterocycles. The normalized spacial score (nSPS) is 30.5. The molecule has 2 aliphatic rings. The predicted octanol–water partition coefficient (Wildman–Crippen LogP) is 1.18. The second-order valence-corrected chi connectivity index (χ2v) is 5.04. The molecule has 17 heavy (non-hydrogen) atoms. The van der Waals surface area contributed by atoms with Crippen LogP contribution in [0.3, 0.4) is 0 Å². The molecule has 0 saturated carbocycles. The van der Waals surface area contributed by atoms with Gasteiger partial charge in [-0.05, 0) is 19.9 Å². The molecule has 3 heterocycles. The number of ether oxygens (including phenoxy) is 1. The van der Waals surface area contributed by atoms with E-state index in [4.69, 9.17) is 4.74 Å². The summed E-state index contributed by atoms with van der Waals surface area (Å²) in [5.74, 6) is 0.420. The van der Waals surface area contributed by atoms with Gasteiger partial charge in [0.2, 0.25) is 11.8 Å². The van der Waals surface area contributed by atoms with Gasteiger partial charge in [-0.3, -0.25) is 4.57 Å². The van der Waals surface area contributed by atoms with Crippen molar-refractivity contribution in [2.45, 2.75) is 25.5 Å². The summed E-state index contributed by atoms with van der Waals surface area (Å²) in [6.45, 7) is 4.74. The molecule has 0 fully saturated rings. The minimum Gasteiger partial charge on any atom is -0.494 e. The van der Waals surface area contributed by atoms with Gasteiger partial charge in [0.05, 0.1) is 11.6 Å². The topological polar surface area (TPSA) is 66.7 Å². The molecule has 3 rings (SSSR count). The molecule has 92 valence electrons. The van der Waals surface area contributed by atoms with E-state index in [2.05, 4.69) is 5.32 Å². The van der Waals surface area contributed by atoms with Crippen molar-refractivity contribution in [2.24, 2.45) is 7.05 Å². The summed E-state index contributed by atoms with van der Waals surface area (Å²) in [7, 11) is 1.60. The van der Waals surface area contributed by atoms with Gasteiger partial charge >= 0.3 is 0 Å². The minimum atomic E-state index is -0.532. The molecule has 2 atom stereocenters. The SMILES string of the molecule is CC1=C[C@]2(C)Oc3c(c(O)n(C)c3O)[C@@H]2NC1. The third kappa shape index (κ3) is 1.17. The van der Waals surface area contributed by atoms with Crippen molar-refractivity contribution in [1.82, 2.24) is 9.88 Å². The summed E-state index contributed by atoms with van der Waals surface area (Å²) >= 11 is 0. The fourth-order valence-corrected chi connectivity index (χ4v) is 2.80. The summed E-state index contributed by atoms with van der Waals surface area (Å²) < 4.78 is 7.16. The zero-order valence-electron chi connectivity index (χ0n) is 10.1. The van der Waals surface area contributed by atoms with Crippen LogP contribution in [0, 0.1) is 0 Å². The number of aromatic nitrogens is 1. The summed E-state index contributed by atoms with van der Waals surface area (Å²) in [5.41, 5.74) is 1.31. The Morgan fingerprint density at radius 2 is 2.18 bits per heavy atom. The molecule has 1 aromatic rings. The molecule has 5 heteroatoms. The third-order valence-corrected chi connectivity index (χ3v) is 3.63. The number of fused-ring (bicyclic) bond motifs is 3. The van der Waals surface area contributed by atoms with Crippen LogP contribution >= 0.6 is 0 Å². The Labute approximate surface area is 99.3 Å². The van der Waals surface area contributed by atoms with Crippen LogP contribution in [0.1, 0.15) is 25.5 Å². The lowest BCUT2D eigenvalue weighted by Crippen LogP contribution is -2.44. The first-order valence-corrected chi connectivity index (χ1v) is 5.65. The van der Waals surface area contributed by atoms with Crippen LogP contribution in [0.25, 0.3) is 0 Å². The van der Waals surface area contributed by atoms with Crippen molar-refractivity contribution in [3.63, 3.8) is 0 Å². The Morgan fingerprint density at radius 1 is 1.47 bits per heavy atom. The molecule has 0 bridgehead atoms. The largest absolute Gasteiger partial charge is 0.494 e. The van der Waals surface area contributed by atoms with Crippen molar-refractivity contribution < 1.29 is 14.9 Å². The van der Waals surface area contributed by atoms with Crippen LogP contribution in [0.4, 0.5) is 0 Å². The first-order valence-electron chi connectivity index (χ1n) is 5.65. The monoisotopic (exact) mass is 236 g/mol. The van der Waals surface area contributed by atoms with Crippen molar-refractivity contribution in [3.8, 4) is 17.5 Å². The van der Waals surface area contributed by atoms with Gasteiger partial charge in [-0.15, -0.1) is 0 Å². The molecule has 0 aliphatic carbocycles. The van der Waals surface area contributed by atoms with E-state index in [0.717, 1.165) is 6.54 Å². The van der Waals surface area contributed by atoms with Gasteiger partial charge in [0, 0.05) is 13.6 Å². The molecular formula is C12H16N2O3. The van der Waals surface area contributed by atoms with Crippen LogP contribution in [0.15, 0.2) is 11.6 Å². The highest BCUT2D eigenvalue weighted by molar-refractivity contribution is 5.58. The van der Waals surface area contributed by atoms with E-state index in [1.807, 2.05) is 19.9 Å². The van der Waals surface area contributed by atoms with Gasteiger partial charge < -0.3 is 20.3 Å². The van der Waals surface area contributed by atoms with Gasteiger partial charge in [-0.2, -0.15) is 0 Å². The Balaban J connectivity index is 2.18. The van der Waals surface area contributed by atoms with Crippen molar-refractivity contribution in [1.29, 1.82) is 0 Å². The molecule has 0 amide bonds. The molecule has 0 radical (unpaired) electrons. The van der Waals surface area contributed by atoms with E-state index in [-0.39, 0.29) is 17.8 Å². The average molecular weight is 236 g/mol. The summed E-state index contributed by atoms with van der Waals surface area (Å²) in [4.78, 5) is 0.